The first-order valence-corrected chi connectivity index (χ1v) is 6.21. The fraction of sp³-hybridized carbons (Fsp3) is 0.769. The molecule has 0 aromatic heterocycles. The van der Waals surface area contributed by atoms with Crippen molar-refractivity contribution in [3.05, 3.63) is 12.2 Å². The van der Waals surface area contributed by atoms with Gasteiger partial charge in [-0.15, -0.1) is 0 Å². The van der Waals surface area contributed by atoms with E-state index < -0.39 is 0 Å². The minimum Gasteiger partial charge on any atom is -0.396 e. The second-order valence-corrected chi connectivity index (χ2v) is 5.33. The highest BCUT2D eigenvalue weighted by Gasteiger charge is 2.27. The van der Waals surface area contributed by atoms with E-state index in [-0.39, 0.29) is 36.4 Å². The molecule has 3 atom stereocenters. The van der Waals surface area contributed by atoms with Gasteiger partial charge in [-0.1, -0.05) is 26.0 Å². The Balaban J connectivity index is 2.51. The van der Waals surface area contributed by atoms with E-state index in [0.29, 0.717) is 0 Å². The molecule has 0 aromatic rings. The molecule has 1 amide bonds. The lowest BCUT2D eigenvalue weighted by Crippen LogP contribution is -2.49. The average Bonchev–Trinajstić information content (AvgIpc) is 2.64. The molecule has 0 unspecified atom stereocenters. The molecule has 0 saturated heterocycles. The number of hydrogen-bond acceptors (Lipinski definition) is 3. The molecule has 0 aromatic carbocycles. The summed E-state index contributed by atoms with van der Waals surface area (Å²) in [6, 6.07) is -0.0302. The zero-order valence-corrected chi connectivity index (χ0v) is 11.2. The van der Waals surface area contributed by atoms with Gasteiger partial charge in [0.15, 0.2) is 0 Å². The normalized spacial score (nSPS) is 25.6. The van der Waals surface area contributed by atoms with Crippen molar-refractivity contribution < 1.29 is 9.90 Å². The van der Waals surface area contributed by atoms with Crippen LogP contribution in [0.5, 0.6) is 0 Å². The molecule has 0 aliphatic heterocycles. The molecule has 98 valence electrons. The Labute approximate surface area is 104 Å². The number of likely N-dealkylation sites (N-methyl/N-ethyl adjacent to an activating group) is 1. The summed E-state index contributed by atoms with van der Waals surface area (Å²) in [6.07, 6.45) is 4.76. The molecule has 0 spiro atoms. The Kier molecular flexibility index (Phi) is 5.15. The van der Waals surface area contributed by atoms with Crippen LogP contribution in [0.3, 0.4) is 0 Å². The number of carbonyl (C=O) groups is 1. The zero-order valence-electron chi connectivity index (χ0n) is 11.2. The van der Waals surface area contributed by atoms with Crippen molar-refractivity contribution in [2.75, 3.05) is 20.7 Å². The van der Waals surface area contributed by atoms with Crippen molar-refractivity contribution in [2.45, 2.75) is 32.4 Å². The maximum absolute atomic E-state index is 12.1. The SMILES string of the molecule is CC(C)[C@@H](C(=O)N[C@@H]1C=C[C@H](CO)C1)N(C)C. The lowest BCUT2D eigenvalue weighted by Gasteiger charge is -2.28. The minimum absolute atomic E-state index is 0.0678. The van der Waals surface area contributed by atoms with Crippen LogP contribution in [0.25, 0.3) is 0 Å². The molecule has 0 radical (unpaired) electrons. The van der Waals surface area contributed by atoms with Crippen LogP contribution in [-0.4, -0.2) is 48.7 Å². The highest BCUT2D eigenvalue weighted by atomic mass is 16.3. The Morgan fingerprint density at radius 2 is 2.12 bits per heavy atom. The largest absolute Gasteiger partial charge is 0.396 e. The van der Waals surface area contributed by atoms with Gasteiger partial charge >= 0.3 is 0 Å². The molecular formula is C13H24N2O2. The summed E-state index contributed by atoms with van der Waals surface area (Å²) in [4.78, 5) is 14.1. The van der Waals surface area contributed by atoms with E-state index in [1.165, 1.54) is 0 Å². The summed E-state index contributed by atoms with van der Waals surface area (Å²) in [5.74, 6) is 0.541. The van der Waals surface area contributed by atoms with Gasteiger partial charge in [0.05, 0.1) is 6.04 Å². The van der Waals surface area contributed by atoms with Gasteiger partial charge in [-0.3, -0.25) is 9.69 Å². The second-order valence-electron chi connectivity index (χ2n) is 5.33. The maximum Gasteiger partial charge on any atom is 0.238 e. The third-order valence-electron chi connectivity index (χ3n) is 3.19. The van der Waals surface area contributed by atoms with E-state index in [1.54, 1.807) is 0 Å². The standard InChI is InChI=1S/C13H24N2O2/c1-9(2)12(15(3)4)13(17)14-11-6-5-10(7-11)8-16/h5-6,9-12,16H,7-8H2,1-4H3,(H,14,17)/t10-,11+,12-/m0/s1. The summed E-state index contributed by atoms with van der Waals surface area (Å²) >= 11 is 0. The fourth-order valence-corrected chi connectivity index (χ4v) is 2.42. The summed E-state index contributed by atoms with van der Waals surface area (Å²) in [5.41, 5.74) is 0. The van der Waals surface area contributed by atoms with E-state index in [2.05, 4.69) is 5.32 Å². The van der Waals surface area contributed by atoms with Gasteiger partial charge in [-0.2, -0.15) is 0 Å². The van der Waals surface area contributed by atoms with Crippen molar-refractivity contribution in [3.63, 3.8) is 0 Å². The first kappa shape index (κ1) is 14.2. The molecule has 17 heavy (non-hydrogen) atoms. The molecule has 1 aliphatic rings. The van der Waals surface area contributed by atoms with Crippen molar-refractivity contribution >= 4 is 5.91 Å². The Bertz CT molecular complexity index is 279. The molecular weight excluding hydrogens is 216 g/mol. The minimum atomic E-state index is -0.100. The Hall–Kier alpha value is -0.870. The highest BCUT2D eigenvalue weighted by molar-refractivity contribution is 5.82. The van der Waals surface area contributed by atoms with E-state index >= 15 is 0 Å². The number of nitrogens with one attached hydrogen (secondary N) is 1. The van der Waals surface area contributed by atoms with Crippen LogP contribution in [-0.2, 0) is 4.79 Å². The molecule has 4 heteroatoms. The van der Waals surface area contributed by atoms with Crippen LogP contribution in [0.2, 0.25) is 0 Å². The van der Waals surface area contributed by atoms with Gasteiger partial charge in [-0.25, -0.2) is 0 Å². The third kappa shape index (κ3) is 3.82. The lowest BCUT2D eigenvalue weighted by molar-refractivity contribution is -0.127. The van der Waals surface area contributed by atoms with Crippen LogP contribution in [0.1, 0.15) is 20.3 Å². The van der Waals surface area contributed by atoms with E-state index in [0.717, 1.165) is 6.42 Å². The summed E-state index contributed by atoms with van der Waals surface area (Å²) in [7, 11) is 3.84. The first-order valence-electron chi connectivity index (χ1n) is 6.21. The topological polar surface area (TPSA) is 52.6 Å². The molecule has 0 bridgehead atoms. The Morgan fingerprint density at radius 1 is 1.47 bits per heavy atom. The third-order valence-corrected chi connectivity index (χ3v) is 3.19. The van der Waals surface area contributed by atoms with Crippen LogP contribution in [0.4, 0.5) is 0 Å². The Morgan fingerprint density at radius 3 is 2.53 bits per heavy atom. The average molecular weight is 240 g/mol. The van der Waals surface area contributed by atoms with Crippen molar-refractivity contribution in [3.8, 4) is 0 Å². The summed E-state index contributed by atoms with van der Waals surface area (Å²) in [6.45, 7) is 4.25. The molecule has 0 fully saturated rings. The van der Waals surface area contributed by atoms with Crippen molar-refractivity contribution in [1.29, 1.82) is 0 Å². The van der Waals surface area contributed by atoms with Crippen molar-refractivity contribution in [2.24, 2.45) is 11.8 Å². The van der Waals surface area contributed by atoms with E-state index in [9.17, 15) is 4.79 Å². The number of rotatable bonds is 5. The van der Waals surface area contributed by atoms with Gasteiger partial charge in [0.1, 0.15) is 0 Å². The molecule has 0 heterocycles. The molecule has 2 N–H and O–H groups in total. The predicted octanol–water partition coefficient (Wildman–Crippen LogP) is 0.626. The monoisotopic (exact) mass is 240 g/mol. The number of aliphatic hydroxyl groups excluding tert-OH is 1. The predicted molar refractivity (Wildman–Crippen MR) is 68.6 cm³/mol. The number of aliphatic hydroxyl groups is 1. The highest BCUT2D eigenvalue weighted by Crippen LogP contribution is 2.18. The molecule has 4 nitrogen and oxygen atoms in total. The van der Waals surface area contributed by atoms with E-state index in [4.69, 9.17) is 5.11 Å². The van der Waals surface area contributed by atoms with Crippen LogP contribution in [0, 0.1) is 11.8 Å². The maximum atomic E-state index is 12.1. The van der Waals surface area contributed by atoms with Crippen molar-refractivity contribution in [1.82, 2.24) is 10.2 Å². The number of carbonyl (C=O) groups excluding carboxylic acids is 1. The smallest absolute Gasteiger partial charge is 0.238 e. The first-order chi connectivity index (χ1) is 7.95. The zero-order chi connectivity index (χ0) is 13.0. The van der Waals surface area contributed by atoms with Gasteiger partial charge in [0.2, 0.25) is 5.91 Å². The van der Waals surface area contributed by atoms with Gasteiger partial charge in [0.25, 0.3) is 0 Å². The number of hydrogen-bond donors (Lipinski definition) is 2. The van der Waals surface area contributed by atoms with Gasteiger partial charge in [-0.05, 0) is 26.4 Å². The van der Waals surface area contributed by atoms with Crippen LogP contribution in [0.15, 0.2) is 12.2 Å². The van der Waals surface area contributed by atoms with Crippen LogP contribution >= 0.6 is 0 Å². The molecule has 1 aliphatic carbocycles. The number of nitrogens with zero attached hydrogens (tertiary/aromatic N) is 1. The summed E-state index contributed by atoms with van der Waals surface area (Å²) < 4.78 is 0. The lowest BCUT2D eigenvalue weighted by atomic mass is 10.0. The summed E-state index contributed by atoms with van der Waals surface area (Å²) in [5, 5.41) is 12.1. The molecule has 1 rings (SSSR count). The number of amides is 1. The quantitative estimate of drug-likeness (QED) is 0.693. The molecule has 0 saturated carbocycles. The fourth-order valence-electron chi connectivity index (χ4n) is 2.42. The van der Waals surface area contributed by atoms with Gasteiger partial charge in [0, 0.05) is 18.6 Å². The van der Waals surface area contributed by atoms with Crippen LogP contribution < -0.4 is 5.32 Å². The second kappa shape index (κ2) is 6.17. The van der Waals surface area contributed by atoms with E-state index in [1.807, 2.05) is 45.0 Å². The van der Waals surface area contributed by atoms with Gasteiger partial charge < -0.3 is 10.4 Å².